The maximum absolute atomic E-state index is 12.8. The van der Waals surface area contributed by atoms with E-state index < -0.39 is 10.0 Å². The van der Waals surface area contributed by atoms with Crippen molar-refractivity contribution in [2.24, 2.45) is 29.1 Å². The number of nitrogens with one attached hydrogen (secondary N) is 1. The van der Waals surface area contributed by atoms with E-state index >= 15 is 0 Å². The summed E-state index contributed by atoms with van der Waals surface area (Å²) in [6, 6.07) is 6.33. The normalized spacial score (nSPS) is 40.4. The van der Waals surface area contributed by atoms with Gasteiger partial charge >= 0.3 is 0 Å². The average Bonchev–Trinajstić information content (AvgIpc) is 2.63. The number of benzene rings is 1. The summed E-state index contributed by atoms with van der Waals surface area (Å²) in [6.07, 6.45) is 7.21. The van der Waals surface area contributed by atoms with Crippen LogP contribution in [0.15, 0.2) is 29.2 Å². The zero-order chi connectivity index (χ0) is 20.0. The van der Waals surface area contributed by atoms with Crippen LogP contribution in [0.25, 0.3) is 0 Å². The molecule has 2 atom stereocenters. The van der Waals surface area contributed by atoms with E-state index in [0.717, 1.165) is 30.6 Å². The molecular weight excluding hydrogens is 408 g/mol. The summed E-state index contributed by atoms with van der Waals surface area (Å²) in [4.78, 5) is 13.1. The summed E-state index contributed by atoms with van der Waals surface area (Å²) in [5.41, 5.74) is 0.651. The van der Waals surface area contributed by atoms with Crippen molar-refractivity contribution in [1.82, 2.24) is 9.62 Å². The van der Waals surface area contributed by atoms with E-state index in [1.54, 1.807) is 28.6 Å². The van der Waals surface area contributed by atoms with Gasteiger partial charge in [-0.2, -0.15) is 4.31 Å². The number of sulfonamides is 1. The third-order valence-electron chi connectivity index (χ3n) is 9.06. The molecule has 1 aromatic carbocycles. The Morgan fingerprint density at radius 2 is 1.69 bits per heavy atom. The summed E-state index contributed by atoms with van der Waals surface area (Å²) >= 11 is 5.87. The first-order valence-corrected chi connectivity index (χ1v) is 12.7. The van der Waals surface area contributed by atoms with E-state index in [1.165, 1.54) is 25.7 Å². The SMILES string of the molecule is O=C(CC1CCN(S(=O)(=O)c2ccc(Cl)cc2)CC1)NC12CC3CC4CC(C1)C432. The van der Waals surface area contributed by atoms with E-state index in [-0.39, 0.29) is 22.3 Å². The first-order chi connectivity index (χ1) is 13.8. The summed E-state index contributed by atoms with van der Waals surface area (Å²) in [5, 5.41) is 3.98. The van der Waals surface area contributed by atoms with Gasteiger partial charge in [-0.15, -0.1) is 0 Å². The monoisotopic (exact) mass is 434 g/mol. The fourth-order valence-corrected chi connectivity index (χ4v) is 9.43. The quantitative estimate of drug-likeness (QED) is 0.771. The fraction of sp³-hybridized carbons (Fsp3) is 0.682. The van der Waals surface area contributed by atoms with Crippen LogP contribution in [-0.4, -0.2) is 37.3 Å². The zero-order valence-corrected chi connectivity index (χ0v) is 18.0. The summed E-state index contributed by atoms with van der Waals surface area (Å²) in [6.45, 7) is 0.953. The highest BCUT2D eigenvalue weighted by Gasteiger charge is 2.88. The number of amides is 1. The van der Waals surface area contributed by atoms with Crippen LogP contribution in [0.1, 0.15) is 44.9 Å². The molecule has 4 aliphatic carbocycles. The lowest BCUT2D eigenvalue weighted by Crippen LogP contribution is -2.92. The summed E-state index contributed by atoms with van der Waals surface area (Å²) < 4.78 is 27.2. The molecule has 0 aromatic heterocycles. The molecule has 1 aromatic rings. The molecule has 7 heteroatoms. The Balaban J connectivity index is 1.04. The minimum atomic E-state index is -3.49. The molecule has 1 aliphatic heterocycles. The van der Waals surface area contributed by atoms with Gasteiger partial charge in [-0.1, -0.05) is 11.6 Å². The number of carbonyl (C=O) groups is 1. The van der Waals surface area contributed by atoms with Crippen molar-refractivity contribution in [3.63, 3.8) is 0 Å². The van der Waals surface area contributed by atoms with Crippen molar-refractivity contribution in [3.05, 3.63) is 29.3 Å². The van der Waals surface area contributed by atoms with Crippen LogP contribution in [0.5, 0.6) is 0 Å². The smallest absolute Gasteiger partial charge is 0.243 e. The molecule has 1 N–H and O–H groups in total. The predicted octanol–water partition coefficient (Wildman–Crippen LogP) is 3.44. The molecule has 1 heterocycles. The van der Waals surface area contributed by atoms with Gasteiger partial charge in [-0.05, 0) is 86.5 Å². The zero-order valence-electron chi connectivity index (χ0n) is 16.4. The van der Waals surface area contributed by atoms with Crippen molar-refractivity contribution in [1.29, 1.82) is 0 Å². The van der Waals surface area contributed by atoms with Gasteiger partial charge in [0.25, 0.3) is 0 Å². The molecular formula is C22H27ClN2O3S. The number of hydrogen-bond acceptors (Lipinski definition) is 3. The highest BCUT2D eigenvalue weighted by molar-refractivity contribution is 7.89. The number of piperidine rings is 1. The Morgan fingerprint density at radius 3 is 2.24 bits per heavy atom. The number of hydrogen-bond donors (Lipinski definition) is 1. The molecule has 1 saturated heterocycles. The third-order valence-corrected chi connectivity index (χ3v) is 11.2. The van der Waals surface area contributed by atoms with Crippen LogP contribution in [0.3, 0.4) is 0 Å². The third kappa shape index (κ3) is 2.31. The molecule has 0 radical (unpaired) electrons. The molecule has 4 saturated carbocycles. The average molecular weight is 435 g/mol. The minimum Gasteiger partial charge on any atom is -0.350 e. The molecule has 5 aliphatic rings. The number of rotatable bonds is 5. The Labute approximate surface area is 177 Å². The van der Waals surface area contributed by atoms with Crippen molar-refractivity contribution < 1.29 is 13.2 Å². The molecule has 1 amide bonds. The number of halogens is 1. The van der Waals surface area contributed by atoms with Crippen molar-refractivity contribution >= 4 is 27.5 Å². The first-order valence-electron chi connectivity index (χ1n) is 10.9. The van der Waals surface area contributed by atoms with Gasteiger partial charge in [-0.3, -0.25) is 4.79 Å². The maximum atomic E-state index is 12.8. The maximum Gasteiger partial charge on any atom is 0.243 e. The standard InChI is InChI=1S/C22H27ClN2O3S/c23-18-1-3-19(4-2-18)29(27,28)25-7-5-14(6-8-25)9-20(26)24-21-12-16-10-15-11-17(13-21)22(15,16)21/h1-4,14-17H,5-13H2,(H,24,26). The second kappa shape index (κ2) is 5.98. The molecule has 6 rings (SSSR count). The van der Waals surface area contributed by atoms with Crippen molar-refractivity contribution in [3.8, 4) is 0 Å². The second-order valence-corrected chi connectivity index (χ2v) is 12.4. The Morgan fingerprint density at radius 1 is 1.07 bits per heavy atom. The molecule has 2 unspecified atom stereocenters. The number of nitrogens with zero attached hydrogens (tertiary/aromatic N) is 1. The minimum absolute atomic E-state index is 0.138. The van der Waals surface area contributed by atoms with E-state index in [4.69, 9.17) is 11.6 Å². The van der Waals surface area contributed by atoms with Crippen molar-refractivity contribution in [2.45, 2.75) is 55.4 Å². The molecule has 29 heavy (non-hydrogen) atoms. The van der Waals surface area contributed by atoms with E-state index in [2.05, 4.69) is 5.32 Å². The van der Waals surface area contributed by atoms with E-state index in [1.807, 2.05) is 0 Å². The second-order valence-electron chi connectivity index (χ2n) is 10.0. The molecule has 156 valence electrons. The van der Waals surface area contributed by atoms with Gasteiger partial charge in [0.2, 0.25) is 15.9 Å². The van der Waals surface area contributed by atoms with Crippen LogP contribution in [0.2, 0.25) is 5.02 Å². The van der Waals surface area contributed by atoms with Gasteiger partial charge in [-0.25, -0.2) is 8.42 Å². The lowest BCUT2D eigenvalue weighted by molar-refractivity contribution is -0.394. The van der Waals surface area contributed by atoms with Crippen LogP contribution in [0, 0.1) is 29.1 Å². The van der Waals surface area contributed by atoms with Gasteiger partial charge < -0.3 is 5.32 Å². The molecule has 0 bridgehead atoms. The topological polar surface area (TPSA) is 66.5 Å². The summed E-state index contributed by atoms with van der Waals surface area (Å²) in [5.74, 6) is 3.13. The first kappa shape index (κ1) is 18.6. The van der Waals surface area contributed by atoms with Gasteiger partial charge in [0.05, 0.1) is 4.90 Å². The van der Waals surface area contributed by atoms with Gasteiger partial charge in [0, 0.05) is 35.5 Å². The Hall–Kier alpha value is -1.11. The van der Waals surface area contributed by atoms with Gasteiger partial charge in [0.15, 0.2) is 0 Å². The van der Waals surface area contributed by atoms with Gasteiger partial charge in [0.1, 0.15) is 0 Å². The highest BCUT2D eigenvalue weighted by atomic mass is 35.5. The molecule has 5 nitrogen and oxygen atoms in total. The predicted molar refractivity (Wildman–Crippen MR) is 110 cm³/mol. The molecule has 5 fully saturated rings. The van der Waals surface area contributed by atoms with Crippen LogP contribution < -0.4 is 5.32 Å². The van der Waals surface area contributed by atoms with E-state index in [0.29, 0.717) is 29.9 Å². The Kier molecular flexibility index (Phi) is 3.85. The fourth-order valence-electron chi connectivity index (χ4n) is 7.83. The Bertz CT molecular complexity index is 943. The van der Waals surface area contributed by atoms with Crippen LogP contribution in [-0.2, 0) is 14.8 Å². The van der Waals surface area contributed by atoms with Crippen molar-refractivity contribution in [2.75, 3.05) is 13.1 Å². The number of carbonyl (C=O) groups excluding carboxylic acids is 1. The van der Waals surface area contributed by atoms with Crippen LogP contribution in [0.4, 0.5) is 0 Å². The highest BCUT2D eigenvalue weighted by Crippen LogP contribution is 2.89. The largest absolute Gasteiger partial charge is 0.350 e. The lowest BCUT2D eigenvalue weighted by Gasteiger charge is -2.91. The van der Waals surface area contributed by atoms with E-state index in [9.17, 15) is 13.2 Å². The molecule has 1 spiro atoms. The van der Waals surface area contributed by atoms with Crippen LogP contribution >= 0.6 is 11.6 Å². The lowest BCUT2D eigenvalue weighted by atomic mass is 9.15. The summed E-state index contributed by atoms with van der Waals surface area (Å²) in [7, 11) is -3.49.